The molecule has 2 fully saturated rings. The Morgan fingerprint density at radius 2 is 2.11 bits per heavy atom. The first-order chi connectivity index (χ1) is 8.91. The van der Waals surface area contributed by atoms with Gasteiger partial charge in [-0.1, -0.05) is 0 Å². The quantitative estimate of drug-likeness (QED) is 0.799. The smallest absolute Gasteiger partial charge is 0.407 e. The van der Waals surface area contributed by atoms with Crippen LogP contribution in [-0.4, -0.2) is 44.5 Å². The Labute approximate surface area is 115 Å². The maximum atomic E-state index is 11.7. The Morgan fingerprint density at radius 1 is 1.42 bits per heavy atom. The lowest BCUT2D eigenvalue weighted by Gasteiger charge is -2.38. The minimum atomic E-state index is -0.436. The van der Waals surface area contributed by atoms with Crippen LogP contribution in [0, 0.1) is 11.3 Å². The Morgan fingerprint density at radius 3 is 2.74 bits per heavy atom. The highest BCUT2D eigenvalue weighted by atomic mass is 16.6. The first-order valence-corrected chi connectivity index (χ1v) is 7.17. The van der Waals surface area contributed by atoms with Gasteiger partial charge in [0.1, 0.15) is 5.60 Å². The molecule has 0 radical (unpaired) electrons. The van der Waals surface area contributed by atoms with Crippen LogP contribution in [0.5, 0.6) is 0 Å². The summed E-state index contributed by atoms with van der Waals surface area (Å²) >= 11 is 0. The zero-order valence-corrected chi connectivity index (χ0v) is 12.3. The summed E-state index contributed by atoms with van der Waals surface area (Å²) in [7, 11) is 0. The molecule has 5 nitrogen and oxygen atoms in total. The van der Waals surface area contributed by atoms with Crippen LogP contribution in [0.4, 0.5) is 4.79 Å². The van der Waals surface area contributed by atoms with Gasteiger partial charge in [-0.15, -0.1) is 0 Å². The number of alkyl carbamates (subject to hydrolysis) is 1. The van der Waals surface area contributed by atoms with Gasteiger partial charge >= 0.3 is 6.09 Å². The largest absolute Gasteiger partial charge is 0.444 e. The van der Waals surface area contributed by atoms with E-state index < -0.39 is 5.60 Å². The number of nitrogens with one attached hydrogen (secondary N) is 2. The maximum absolute atomic E-state index is 11.7. The summed E-state index contributed by atoms with van der Waals surface area (Å²) in [6.07, 6.45) is 1.85. The van der Waals surface area contributed by atoms with Crippen LogP contribution in [0.1, 0.15) is 33.6 Å². The minimum Gasteiger partial charge on any atom is -0.444 e. The van der Waals surface area contributed by atoms with Crippen LogP contribution in [0.15, 0.2) is 0 Å². The predicted molar refractivity (Wildman–Crippen MR) is 73.1 cm³/mol. The zero-order valence-electron chi connectivity index (χ0n) is 12.3. The van der Waals surface area contributed by atoms with E-state index in [4.69, 9.17) is 9.47 Å². The number of hydrogen-bond acceptors (Lipinski definition) is 4. The van der Waals surface area contributed by atoms with Gasteiger partial charge in [0, 0.05) is 32.8 Å². The van der Waals surface area contributed by atoms with Crippen LogP contribution in [0.25, 0.3) is 0 Å². The van der Waals surface area contributed by atoms with Gasteiger partial charge in [-0.25, -0.2) is 4.79 Å². The summed E-state index contributed by atoms with van der Waals surface area (Å²) in [5.41, 5.74) is -0.137. The van der Waals surface area contributed by atoms with Crippen LogP contribution in [0.3, 0.4) is 0 Å². The molecule has 0 saturated carbocycles. The van der Waals surface area contributed by atoms with E-state index in [-0.39, 0.29) is 6.09 Å². The zero-order chi connectivity index (χ0) is 13.9. The van der Waals surface area contributed by atoms with Crippen molar-refractivity contribution in [3.63, 3.8) is 0 Å². The highest BCUT2D eigenvalue weighted by molar-refractivity contribution is 5.67. The number of carbonyl (C=O) groups is 1. The lowest BCUT2D eigenvalue weighted by atomic mass is 9.72. The van der Waals surface area contributed by atoms with Crippen molar-refractivity contribution in [1.82, 2.24) is 10.6 Å². The van der Waals surface area contributed by atoms with Gasteiger partial charge in [0.2, 0.25) is 0 Å². The first kappa shape index (κ1) is 14.6. The Balaban J connectivity index is 1.83. The lowest BCUT2D eigenvalue weighted by molar-refractivity contribution is 0.00159. The van der Waals surface area contributed by atoms with Crippen LogP contribution < -0.4 is 10.6 Å². The first-order valence-electron chi connectivity index (χ1n) is 7.17. The number of rotatable bonds is 2. The molecule has 1 spiro atoms. The molecule has 19 heavy (non-hydrogen) atoms. The number of amides is 1. The molecule has 1 amide bonds. The summed E-state index contributed by atoms with van der Waals surface area (Å²) in [6.45, 7) is 10.0. The molecule has 2 rings (SSSR count). The third-order valence-electron chi connectivity index (χ3n) is 4.11. The summed E-state index contributed by atoms with van der Waals surface area (Å²) in [5.74, 6) is 0.476. The van der Waals surface area contributed by atoms with Gasteiger partial charge < -0.3 is 20.1 Å². The van der Waals surface area contributed by atoms with E-state index in [2.05, 4.69) is 10.6 Å². The average Bonchev–Trinajstić information content (AvgIpc) is 2.68. The fourth-order valence-electron chi connectivity index (χ4n) is 3.03. The van der Waals surface area contributed by atoms with Crippen LogP contribution in [0.2, 0.25) is 0 Å². The Kier molecular flexibility index (Phi) is 4.36. The van der Waals surface area contributed by atoms with Crippen molar-refractivity contribution in [3.8, 4) is 0 Å². The van der Waals surface area contributed by atoms with Gasteiger partial charge in [0.25, 0.3) is 0 Å². The highest BCUT2D eigenvalue weighted by Gasteiger charge is 2.43. The van der Waals surface area contributed by atoms with E-state index in [1.165, 1.54) is 0 Å². The summed E-state index contributed by atoms with van der Waals surface area (Å²) < 4.78 is 10.7. The summed E-state index contributed by atoms with van der Waals surface area (Å²) in [5, 5.41) is 6.37. The Bertz CT molecular complexity index is 319. The molecule has 5 heteroatoms. The van der Waals surface area contributed by atoms with E-state index >= 15 is 0 Å². The van der Waals surface area contributed by atoms with E-state index in [1.54, 1.807) is 0 Å². The normalized spacial score (nSPS) is 26.4. The molecule has 2 N–H and O–H groups in total. The molecular formula is C14H26N2O3. The second kappa shape index (κ2) is 5.67. The monoisotopic (exact) mass is 270 g/mol. The predicted octanol–water partition coefficient (Wildman–Crippen LogP) is 1.53. The molecule has 0 unspecified atom stereocenters. The molecular weight excluding hydrogens is 244 g/mol. The standard InChI is InChI=1S/C14H26N2O3/c1-13(2,3)19-12(17)16-9-11-8-15-10-14(11)4-6-18-7-5-14/h11,15H,4-10H2,1-3H3,(H,16,17)/t11-/m1/s1. The molecule has 0 bridgehead atoms. The fourth-order valence-corrected chi connectivity index (χ4v) is 3.03. The van der Waals surface area contributed by atoms with Crippen molar-refractivity contribution in [2.75, 3.05) is 32.8 Å². The second-order valence-electron chi connectivity index (χ2n) is 6.69. The van der Waals surface area contributed by atoms with Gasteiger partial charge in [0.05, 0.1) is 0 Å². The molecule has 110 valence electrons. The van der Waals surface area contributed by atoms with E-state index in [0.717, 1.165) is 39.1 Å². The molecule has 2 aliphatic heterocycles. The molecule has 0 aromatic carbocycles. The number of ether oxygens (including phenoxy) is 2. The third-order valence-corrected chi connectivity index (χ3v) is 4.11. The molecule has 0 aromatic heterocycles. The van der Waals surface area contributed by atoms with Crippen molar-refractivity contribution in [1.29, 1.82) is 0 Å². The van der Waals surface area contributed by atoms with Crippen molar-refractivity contribution < 1.29 is 14.3 Å². The Hall–Kier alpha value is -0.810. The molecule has 0 aliphatic carbocycles. The summed E-state index contributed by atoms with van der Waals surface area (Å²) in [4.78, 5) is 11.7. The number of carbonyl (C=O) groups excluding carboxylic acids is 1. The third kappa shape index (κ3) is 3.83. The minimum absolute atomic E-state index is 0.299. The molecule has 2 aliphatic rings. The van der Waals surface area contributed by atoms with E-state index in [1.807, 2.05) is 20.8 Å². The van der Waals surface area contributed by atoms with Crippen molar-refractivity contribution in [2.45, 2.75) is 39.2 Å². The molecule has 2 saturated heterocycles. The lowest BCUT2D eigenvalue weighted by Crippen LogP contribution is -2.43. The van der Waals surface area contributed by atoms with Crippen molar-refractivity contribution >= 4 is 6.09 Å². The van der Waals surface area contributed by atoms with Crippen LogP contribution in [-0.2, 0) is 9.47 Å². The number of hydrogen-bond donors (Lipinski definition) is 2. The van der Waals surface area contributed by atoms with Gasteiger partial charge in [0.15, 0.2) is 0 Å². The summed E-state index contributed by atoms with van der Waals surface area (Å²) in [6, 6.07) is 0. The second-order valence-corrected chi connectivity index (χ2v) is 6.69. The highest BCUT2D eigenvalue weighted by Crippen LogP contribution is 2.40. The SMILES string of the molecule is CC(C)(C)OC(=O)NC[C@H]1CNCC12CCOCC2. The topological polar surface area (TPSA) is 59.6 Å². The average molecular weight is 270 g/mol. The van der Waals surface area contributed by atoms with E-state index in [9.17, 15) is 4.79 Å². The molecule has 2 heterocycles. The van der Waals surface area contributed by atoms with Crippen LogP contribution >= 0.6 is 0 Å². The molecule has 0 aromatic rings. The van der Waals surface area contributed by atoms with Gasteiger partial charge in [-0.05, 0) is 44.9 Å². The fraction of sp³-hybridized carbons (Fsp3) is 0.929. The van der Waals surface area contributed by atoms with Gasteiger partial charge in [-0.2, -0.15) is 0 Å². The van der Waals surface area contributed by atoms with Gasteiger partial charge in [-0.3, -0.25) is 0 Å². The molecule has 1 atom stereocenters. The van der Waals surface area contributed by atoms with Crippen molar-refractivity contribution in [3.05, 3.63) is 0 Å². The van der Waals surface area contributed by atoms with Crippen molar-refractivity contribution in [2.24, 2.45) is 11.3 Å². The van der Waals surface area contributed by atoms with E-state index in [0.29, 0.717) is 17.9 Å². The maximum Gasteiger partial charge on any atom is 0.407 e.